The number of fused-ring (bicyclic) bond motifs is 1. The molecule has 5 N–H and O–H groups in total. The van der Waals surface area contributed by atoms with Gasteiger partial charge in [0.2, 0.25) is 0 Å². The number of hydrazine groups is 1. The lowest BCUT2D eigenvalue weighted by atomic mass is 10.2. The minimum Gasteiger partial charge on any atom is -0.397 e. The molecule has 1 aromatic heterocycles. The van der Waals surface area contributed by atoms with E-state index >= 15 is 0 Å². The Hall–Kier alpha value is -2.08. The highest BCUT2D eigenvalue weighted by Gasteiger charge is 2.13. The molecule has 2 rings (SSSR count). The maximum Gasteiger partial charge on any atom is 0.253 e. The number of benzene rings is 1. The highest BCUT2D eigenvalue weighted by atomic mass is 16.2. The molecule has 0 saturated heterocycles. The van der Waals surface area contributed by atoms with Crippen LogP contribution in [0.3, 0.4) is 0 Å². The average molecular weight is 247 g/mol. The van der Waals surface area contributed by atoms with Crippen molar-refractivity contribution in [2.75, 3.05) is 5.73 Å². The van der Waals surface area contributed by atoms with E-state index in [2.05, 4.69) is 17.3 Å². The summed E-state index contributed by atoms with van der Waals surface area (Å²) >= 11 is 0. The predicted octanol–water partition coefficient (Wildman–Crippen LogP) is 0.561. The summed E-state index contributed by atoms with van der Waals surface area (Å²) in [7, 11) is 0. The Morgan fingerprint density at radius 2 is 2.28 bits per heavy atom. The van der Waals surface area contributed by atoms with Gasteiger partial charge < -0.3 is 10.3 Å². The highest BCUT2D eigenvalue weighted by molar-refractivity contribution is 5.88. The Labute approximate surface area is 105 Å². The molecule has 1 aromatic carbocycles. The van der Waals surface area contributed by atoms with Crippen LogP contribution < -0.4 is 17.0 Å². The molecule has 0 radical (unpaired) electrons. The van der Waals surface area contributed by atoms with Gasteiger partial charge >= 0.3 is 0 Å². The molecule has 0 atom stereocenters. The molecule has 0 spiro atoms. The summed E-state index contributed by atoms with van der Waals surface area (Å²) in [4.78, 5) is 16.0. The smallest absolute Gasteiger partial charge is 0.253 e. The van der Waals surface area contributed by atoms with Crippen molar-refractivity contribution in [3.8, 4) is 0 Å². The molecule has 0 unspecified atom stereocenters. The van der Waals surface area contributed by atoms with Gasteiger partial charge in [0.15, 0.2) is 0 Å². The second kappa shape index (κ2) is 5.05. The number of carbonyl (C=O) groups is 1. The lowest BCUT2D eigenvalue weighted by Gasteiger charge is -2.07. The first-order valence-corrected chi connectivity index (χ1v) is 5.90. The van der Waals surface area contributed by atoms with E-state index in [0.29, 0.717) is 5.69 Å². The fourth-order valence-corrected chi connectivity index (χ4v) is 2.00. The highest BCUT2D eigenvalue weighted by Crippen LogP contribution is 2.22. The predicted molar refractivity (Wildman–Crippen MR) is 70.5 cm³/mol. The van der Waals surface area contributed by atoms with Gasteiger partial charge in [0.25, 0.3) is 5.91 Å². The van der Waals surface area contributed by atoms with E-state index in [1.54, 1.807) is 6.07 Å². The Kier molecular flexibility index (Phi) is 3.47. The van der Waals surface area contributed by atoms with Gasteiger partial charge in [0.1, 0.15) is 17.9 Å². The summed E-state index contributed by atoms with van der Waals surface area (Å²) in [5.41, 5.74) is 10.3. The number of nitrogens with two attached hydrogens (primary N) is 2. The monoisotopic (exact) mass is 247 g/mol. The lowest BCUT2D eigenvalue weighted by Crippen LogP contribution is -2.33. The second-order valence-electron chi connectivity index (χ2n) is 4.15. The van der Waals surface area contributed by atoms with E-state index in [9.17, 15) is 4.79 Å². The summed E-state index contributed by atoms with van der Waals surface area (Å²) in [5.74, 6) is 5.73. The topological polar surface area (TPSA) is 99.0 Å². The van der Waals surface area contributed by atoms with Gasteiger partial charge in [0.05, 0.1) is 11.2 Å². The van der Waals surface area contributed by atoms with Gasteiger partial charge in [-0.15, -0.1) is 0 Å². The maximum absolute atomic E-state index is 11.4. The molecule has 2 aromatic rings. The Balaban J connectivity index is 2.55. The quantitative estimate of drug-likeness (QED) is 0.318. The number of amides is 1. The number of hydrogen-bond acceptors (Lipinski definition) is 4. The van der Waals surface area contributed by atoms with E-state index in [0.717, 1.165) is 29.7 Å². The number of anilines is 1. The van der Waals surface area contributed by atoms with E-state index in [4.69, 9.17) is 11.6 Å². The average Bonchev–Trinajstić information content (AvgIpc) is 2.70. The Morgan fingerprint density at radius 3 is 2.94 bits per heavy atom. The molecule has 0 fully saturated rings. The first-order chi connectivity index (χ1) is 8.67. The summed E-state index contributed by atoms with van der Waals surface area (Å²) in [5, 5.41) is 0. The van der Waals surface area contributed by atoms with Crippen LogP contribution in [0, 0.1) is 0 Å². The Bertz CT molecular complexity index is 575. The van der Waals surface area contributed by atoms with Gasteiger partial charge in [-0.3, -0.25) is 10.2 Å². The zero-order valence-electron chi connectivity index (χ0n) is 10.3. The van der Waals surface area contributed by atoms with Crippen molar-refractivity contribution < 1.29 is 4.79 Å². The summed E-state index contributed by atoms with van der Waals surface area (Å²) in [6.45, 7) is 2.22. The van der Waals surface area contributed by atoms with Crippen molar-refractivity contribution in [1.82, 2.24) is 15.0 Å². The summed E-state index contributed by atoms with van der Waals surface area (Å²) in [6, 6.07) is 5.56. The molecular weight excluding hydrogens is 230 g/mol. The van der Waals surface area contributed by atoms with Crippen LogP contribution in [0.5, 0.6) is 0 Å². The van der Waals surface area contributed by atoms with Crippen molar-refractivity contribution in [3.05, 3.63) is 24.0 Å². The van der Waals surface area contributed by atoms with E-state index < -0.39 is 0 Å². The first-order valence-electron chi connectivity index (χ1n) is 5.90. The molecule has 0 aliphatic carbocycles. The molecule has 6 nitrogen and oxygen atoms in total. The molecular formula is C12H17N5O. The molecule has 1 heterocycles. The SMILES string of the molecule is CCCc1nc2c(N)cccc2n1CC(=O)NN. The normalized spacial score (nSPS) is 10.8. The third kappa shape index (κ3) is 2.14. The van der Waals surface area contributed by atoms with Crippen LogP contribution in [0.15, 0.2) is 18.2 Å². The largest absolute Gasteiger partial charge is 0.397 e. The molecule has 96 valence electrons. The number of carbonyl (C=O) groups excluding carboxylic acids is 1. The summed E-state index contributed by atoms with van der Waals surface area (Å²) in [6.07, 6.45) is 1.75. The molecule has 0 aliphatic heterocycles. The van der Waals surface area contributed by atoms with Crippen LogP contribution in [0.1, 0.15) is 19.2 Å². The number of rotatable bonds is 4. The zero-order valence-corrected chi connectivity index (χ0v) is 10.3. The van der Waals surface area contributed by atoms with Gasteiger partial charge in [-0.25, -0.2) is 10.8 Å². The van der Waals surface area contributed by atoms with Crippen LogP contribution in [-0.2, 0) is 17.8 Å². The van der Waals surface area contributed by atoms with Gasteiger partial charge in [-0.2, -0.15) is 0 Å². The Morgan fingerprint density at radius 1 is 1.50 bits per heavy atom. The molecule has 18 heavy (non-hydrogen) atoms. The van der Waals surface area contributed by atoms with Crippen LogP contribution in [0.2, 0.25) is 0 Å². The lowest BCUT2D eigenvalue weighted by molar-refractivity contribution is -0.121. The maximum atomic E-state index is 11.4. The number of imidazole rings is 1. The number of aromatic nitrogens is 2. The number of nitrogen functional groups attached to an aromatic ring is 1. The number of hydrogen-bond donors (Lipinski definition) is 3. The van der Waals surface area contributed by atoms with Crippen LogP contribution in [0.4, 0.5) is 5.69 Å². The van der Waals surface area contributed by atoms with Gasteiger partial charge in [-0.1, -0.05) is 13.0 Å². The number of aryl methyl sites for hydroxylation is 1. The molecule has 6 heteroatoms. The third-order valence-electron chi connectivity index (χ3n) is 2.83. The van der Waals surface area contributed by atoms with Crippen LogP contribution >= 0.6 is 0 Å². The van der Waals surface area contributed by atoms with Crippen molar-refractivity contribution in [3.63, 3.8) is 0 Å². The van der Waals surface area contributed by atoms with Gasteiger partial charge in [-0.05, 0) is 18.6 Å². The fraction of sp³-hybridized carbons (Fsp3) is 0.333. The first kappa shape index (κ1) is 12.4. The number of para-hydroxylation sites is 1. The van der Waals surface area contributed by atoms with Crippen LogP contribution in [0.25, 0.3) is 11.0 Å². The van der Waals surface area contributed by atoms with E-state index in [-0.39, 0.29) is 12.5 Å². The summed E-state index contributed by atoms with van der Waals surface area (Å²) < 4.78 is 1.86. The third-order valence-corrected chi connectivity index (χ3v) is 2.83. The minimum absolute atomic E-state index is 0.159. The molecule has 0 saturated carbocycles. The number of nitrogens with zero attached hydrogens (tertiary/aromatic N) is 2. The molecule has 0 bridgehead atoms. The fourth-order valence-electron chi connectivity index (χ4n) is 2.00. The van der Waals surface area contributed by atoms with Crippen molar-refractivity contribution in [1.29, 1.82) is 0 Å². The van der Waals surface area contributed by atoms with Crippen molar-refractivity contribution >= 4 is 22.6 Å². The zero-order chi connectivity index (χ0) is 13.1. The van der Waals surface area contributed by atoms with Crippen LogP contribution in [-0.4, -0.2) is 15.5 Å². The standard InChI is InChI=1S/C12H17N5O/c1-2-4-10-15-12-8(13)5-3-6-9(12)17(10)7-11(18)16-14/h3,5-6H,2,4,7,13-14H2,1H3,(H,16,18). The second-order valence-corrected chi connectivity index (χ2v) is 4.15. The van der Waals surface area contributed by atoms with E-state index in [1.807, 2.05) is 16.7 Å². The van der Waals surface area contributed by atoms with Crippen molar-refractivity contribution in [2.45, 2.75) is 26.3 Å². The molecule has 0 aliphatic rings. The van der Waals surface area contributed by atoms with Crippen molar-refractivity contribution in [2.24, 2.45) is 5.84 Å². The van der Waals surface area contributed by atoms with E-state index in [1.165, 1.54) is 0 Å². The minimum atomic E-state index is -0.255. The molecule has 1 amide bonds. The van der Waals surface area contributed by atoms with Gasteiger partial charge in [0, 0.05) is 6.42 Å². The number of nitrogens with one attached hydrogen (secondary N) is 1.